The molecule has 15 heterocycles. The number of hydrogen-bond donors (Lipinski definition) is 0. The fourth-order valence-corrected chi connectivity index (χ4v) is 24.2. The topological polar surface area (TPSA) is 169 Å². The minimum Gasteiger partial charge on any atom is -0.309 e. The first kappa shape index (κ1) is 85.7. The van der Waals surface area contributed by atoms with E-state index in [1.54, 1.807) is 49.6 Å². The van der Waals surface area contributed by atoms with Crippen molar-refractivity contribution in [3.05, 3.63) is 481 Å². The van der Waals surface area contributed by atoms with Gasteiger partial charge in [0.1, 0.15) is 5.82 Å². The molecule has 0 saturated heterocycles. The Labute approximate surface area is 838 Å². The number of para-hydroxylation sites is 3. The lowest BCUT2D eigenvalue weighted by molar-refractivity contribution is 0.952. The molecular formula is C126H79N15S3. The van der Waals surface area contributed by atoms with Crippen LogP contribution < -0.4 is 0 Å². The van der Waals surface area contributed by atoms with Crippen LogP contribution in [0.1, 0.15) is 0 Å². The monoisotopic (exact) mass is 1900 g/mol. The van der Waals surface area contributed by atoms with Gasteiger partial charge in [0.05, 0.1) is 50.2 Å². The second-order valence-corrected chi connectivity index (χ2v) is 38.1. The molecule has 0 radical (unpaired) electrons. The average Bonchev–Trinajstić information content (AvgIpc) is 1.56. The molecule has 144 heavy (non-hydrogen) atoms. The first-order valence-corrected chi connectivity index (χ1v) is 49.9. The molecule has 15 aromatic heterocycles. The van der Waals surface area contributed by atoms with Gasteiger partial charge in [0.15, 0.2) is 17.5 Å². The zero-order chi connectivity index (χ0) is 95.3. The summed E-state index contributed by atoms with van der Waals surface area (Å²) in [7, 11) is 0. The first-order valence-electron chi connectivity index (χ1n) is 47.5. The van der Waals surface area contributed by atoms with Crippen LogP contribution in [0.5, 0.6) is 0 Å². The fourth-order valence-electron chi connectivity index (χ4n) is 20.1. The molecule has 28 rings (SSSR count). The molecule has 0 bridgehead atoms. The molecule has 0 unspecified atom stereocenters. The predicted octanol–water partition coefficient (Wildman–Crippen LogP) is 32.4. The SMILES string of the molecule is c1ccc(-c2sc3c(ccc4c3c3ccccc3n4-c3cc(-c4ccncc4)nc(-c4ccncc4)n3)c2-c2ccccc2)cc1.c1ccc(-c2sc3c(ccc4c3c3ccccc3n4-c3cccc(-c4cc(-c5ccncc5)cc(-c5ccncc5)n4)c3)c2-c2ccccc2)cc1.c1ccc(-c2sc3c(ccc4c3c3ccccc3n4-c3nc(-c4ccncc4)nc(-c4ccncc4)n3)c2-c2ccccc2)cc1. The van der Waals surface area contributed by atoms with E-state index in [0.717, 1.165) is 101 Å². The number of thiophene rings is 3. The Morgan fingerprint density at radius 2 is 0.479 bits per heavy atom. The van der Waals surface area contributed by atoms with E-state index in [9.17, 15) is 0 Å². The van der Waals surface area contributed by atoms with E-state index in [1.165, 1.54) is 133 Å². The van der Waals surface area contributed by atoms with Crippen LogP contribution in [0.25, 0.3) is 257 Å². The van der Waals surface area contributed by atoms with Crippen LogP contribution in [-0.4, -0.2) is 73.5 Å². The fraction of sp³-hybridized carbons (Fsp3) is 0. The summed E-state index contributed by atoms with van der Waals surface area (Å²) in [5, 5.41) is 11.0. The highest BCUT2D eigenvalue weighted by molar-refractivity contribution is 7.25. The van der Waals surface area contributed by atoms with E-state index < -0.39 is 0 Å². The first-order chi connectivity index (χ1) is 71.5. The number of nitrogens with zero attached hydrogens (tertiary/aromatic N) is 15. The third-order valence-electron chi connectivity index (χ3n) is 26.5. The Hall–Kier alpha value is -18.7. The Bertz CT molecular complexity index is 9130. The Morgan fingerprint density at radius 1 is 0.174 bits per heavy atom. The molecule has 0 amide bonds. The van der Waals surface area contributed by atoms with Crippen molar-refractivity contribution in [1.82, 2.24) is 73.5 Å². The standard InChI is InChI=1S/C47H30N4S.C40H25N5S.C39H24N6S/c1-3-10-33(11-4-1)44-39-18-19-43-45(47(39)52-46(44)34-12-5-2-6-13-34)38-16-7-8-17-42(38)51(43)37-15-9-14-35(28-37)41-30-36(31-20-24-48-25-21-31)29-40(50-41)32-22-26-49-27-23-32;1-3-9-27(10-4-1)36-31-15-16-34-37(39(31)46-38(36)28-11-5-2-6-12-28)30-13-7-8-14-33(30)45(34)35-25-32(26-17-21-41-22-18-26)43-40(44-35)29-19-23-42-24-20-29;1-3-9-25(10-4-1)33-30-15-16-32-34(36(30)46-35(33)26-11-5-2-6-12-26)29-13-7-8-14-31(29)45(32)39-43-37(27-17-21-40-22-18-27)42-38(44-39)28-19-23-41-24-20-28/h1-30H;1-25H;1-24H. The quantitative estimate of drug-likeness (QED) is 0.0898. The van der Waals surface area contributed by atoms with Crippen LogP contribution in [0.3, 0.4) is 0 Å². The Balaban J connectivity index is 0.000000110. The summed E-state index contributed by atoms with van der Waals surface area (Å²) in [6.07, 6.45) is 21.5. The molecule has 28 aromatic rings. The molecule has 0 spiro atoms. The van der Waals surface area contributed by atoms with Crippen LogP contribution in [-0.2, 0) is 0 Å². The average molecular weight is 1900 g/mol. The maximum atomic E-state index is 5.21. The van der Waals surface area contributed by atoms with Crippen LogP contribution in [0, 0.1) is 0 Å². The lowest BCUT2D eigenvalue weighted by Crippen LogP contribution is -2.06. The molecule has 18 heteroatoms. The van der Waals surface area contributed by atoms with Gasteiger partial charge in [-0.15, -0.1) is 34.0 Å². The van der Waals surface area contributed by atoms with Gasteiger partial charge in [0.25, 0.3) is 0 Å². The van der Waals surface area contributed by atoms with Crippen molar-refractivity contribution in [2.75, 3.05) is 0 Å². The lowest BCUT2D eigenvalue weighted by Gasteiger charge is -2.13. The van der Waals surface area contributed by atoms with Crippen LogP contribution >= 0.6 is 34.0 Å². The third-order valence-corrected chi connectivity index (χ3v) is 30.4. The molecule has 0 aliphatic carbocycles. The molecule has 0 aliphatic heterocycles. The summed E-state index contributed by atoms with van der Waals surface area (Å²) >= 11 is 5.60. The van der Waals surface area contributed by atoms with E-state index in [0.29, 0.717) is 23.4 Å². The molecule has 15 nitrogen and oxygen atoms in total. The van der Waals surface area contributed by atoms with Crippen molar-refractivity contribution in [2.45, 2.75) is 0 Å². The summed E-state index contributed by atoms with van der Waals surface area (Å²) < 4.78 is 10.7. The smallest absolute Gasteiger partial charge is 0.238 e. The number of fused-ring (bicyclic) bond motifs is 15. The van der Waals surface area contributed by atoms with Gasteiger partial charge < -0.3 is 4.57 Å². The largest absolute Gasteiger partial charge is 0.309 e. The van der Waals surface area contributed by atoms with Gasteiger partial charge in [0.2, 0.25) is 5.95 Å². The highest BCUT2D eigenvalue weighted by Gasteiger charge is 2.29. The minimum absolute atomic E-state index is 0.558. The van der Waals surface area contributed by atoms with Crippen LogP contribution in [0.15, 0.2) is 481 Å². The molecule has 0 N–H and O–H groups in total. The van der Waals surface area contributed by atoms with Gasteiger partial charge in [-0.3, -0.25) is 39.0 Å². The number of hydrogen-bond acceptors (Lipinski definition) is 15. The normalized spacial score (nSPS) is 11.5. The van der Waals surface area contributed by atoms with Gasteiger partial charge in [-0.2, -0.15) is 9.97 Å². The van der Waals surface area contributed by atoms with E-state index >= 15 is 0 Å². The number of benzene rings is 13. The Morgan fingerprint density at radius 3 is 0.875 bits per heavy atom. The summed E-state index contributed by atoms with van der Waals surface area (Å²) in [6.45, 7) is 0. The zero-order valence-electron chi connectivity index (χ0n) is 77.0. The van der Waals surface area contributed by atoms with Gasteiger partial charge in [-0.05, 0) is 178 Å². The van der Waals surface area contributed by atoms with Crippen LogP contribution in [0.2, 0.25) is 0 Å². The molecule has 676 valence electrons. The summed E-state index contributed by atoms with van der Waals surface area (Å²) in [5.41, 5.74) is 29.4. The summed E-state index contributed by atoms with van der Waals surface area (Å²) in [5.74, 6) is 3.18. The molecular weight excluding hydrogens is 1820 g/mol. The maximum Gasteiger partial charge on any atom is 0.238 e. The van der Waals surface area contributed by atoms with E-state index in [1.807, 2.05) is 132 Å². The zero-order valence-corrected chi connectivity index (χ0v) is 79.5. The van der Waals surface area contributed by atoms with E-state index in [2.05, 4.69) is 377 Å². The minimum atomic E-state index is 0.558. The number of aromatic nitrogens is 15. The highest BCUT2D eigenvalue weighted by atomic mass is 32.1. The molecule has 0 saturated carbocycles. The number of rotatable bonds is 16. The molecule has 0 aliphatic rings. The van der Waals surface area contributed by atoms with Crippen LogP contribution in [0.4, 0.5) is 0 Å². The molecule has 0 fully saturated rings. The van der Waals surface area contributed by atoms with Crippen molar-refractivity contribution in [2.24, 2.45) is 0 Å². The number of pyridine rings is 7. The van der Waals surface area contributed by atoms with E-state index in [-0.39, 0.29) is 0 Å². The van der Waals surface area contributed by atoms with Crippen molar-refractivity contribution in [3.63, 3.8) is 0 Å². The van der Waals surface area contributed by atoms with Gasteiger partial charge in [0, 0.05) is 213 Å². The third kappa shape index (κ3) is 15.6. The molecule has 13 aromatic carbocycles. The summed E-state index contributed by atoms with van der Waals surface area (Å²) in [4.78, 5) is 59.6. The summed E-state index contributed by atoms with van der Waals surface area (Å²) in [6, 6.07) is 143. The van der Waals surface area contributed by atoms with Crippen molar-refractivity contribution >= 4 is 130 Å². The highest BCUT2D eigenvalue weighted by Crippen LogP contribution is 2.54. The maximum absolute atomic E-state index is 5.21. The molecule has 0 atom stereocenters. The second kappa shape index (κ2) is 37.2. The van der Waals surface area contributed by atoms with Gasteiger partial charge >= 0.3 is 0 Å². The van der Waals surface area contributed by atoms with Crippen molar-refractivity contribution in [3.8, 4) is 161 Å². The van der Waals surface area contributed by atoms with Crippen molar-refractivity contribution < 1.29 is 0 Å². The predicted molar refractivity (Wildman–Crippen MR) is 593 cm³/mol. The van der Waals surface area contributed by atoms with Crippen molar-refractivity contribution in [1.29, 1.82) is 0 Å². The van der Waals surface area contributed by atoms with E-state index in [4.69, 9.17) is 29.9 Å². The lowest BCUT2D eigenvalue weighted by atomic mass is 9.98. The van der Waals surface area contributed by atoms with Gasteiger partial charge in [-0.1, -0.05) is 267 Å². The Kier molecular flexibility index (Phi) is 22.1. The second-order valence-electron chi connectivity index (χ2n) is 35.0. The van der Waals surface area contributed by atoms with Gasteiger partial charge in [-0.25, -0.2) is 19.9 Å².